The number of rotatable bonds is 3. The molecular weight excluding hydrogens is 138 g/mol. The summed E-state index contributed by atoms with van der Waals surface area (Å²) < 4.78 is 5.07. The van der Waals surface area contributed by atoms with Crippen molar-refractivity contribution in [3.63, 3.8) is 0 Å². The zero-order valence-electron chi connectivity index (χ0n) is 7.25. The van der Waals surface area contributed by atoms with Crippen molar-refractivity contribution in [2.45, 2.75) is 25.3 Å². The molecule has 0 aromatic carbocycles. The van der Waals surface area contributed by atoms with Gasteiger partial charge in [0, 0.05) is 19.7 Å². The Hall–Kier alpha value is -0.0800. The fraction of sp³-hybridized carbons (Fsp3) is 1.00. The molecule has 2 heterocycles. The summed E-state index contributed by atoms with van der Waals surface area (Å²) in [5.74, 6) is 1.08. The standard InChI is InChI=1S/C9H17NO/c1-11-5-4-10-3-2-8-6-9(10)7-8/h8-9H,2-7H2,1H3. The smallest absolute Gasteiger partial charge is 0.0589 e. The molecule has 1 saturated carbocycles. The number of hydrogen-bond acceptors (Lipinski definition) is 2. The lowest BCUT2D eigenvalue weighted by Gasteiger charge is -2.49. The molecule has 3 aliphatic rings. The van der Waals surface area contributed by atoms with Crippen molar-refractivity contribution < 1.29 is 4.74 Å². The summed E-state index contributed by atoms with van der Waals surface area (Å²) in [4.78, 5) is 2.59. The predicted molar refractivity (Wildman–Crippen MR) is 44.6 cm³/mol. The molecule has 11 heavy (non-hydrogen) atoms. The summed E-state index contributed by atoms with van der Waals surface area (Å²) in [6.45, 7) is 3.37. The van der Waals surface area contributed by atoms with Gasteiger partial charge in [-0.2, -0.15) is 0 Å². The molecule has 2 heteroatoms. The second-order valence-corrected chi connectivity index (χ2v) is 3.81. The van der Waals surface area contributed by atoms with Crippen LogP contribution in [0.4, 0.5) is 0 Å². The molecule has 0 atom stereocenters. The van der Waals surface area contributed by atoms with Crippen LogP contribution in [0, 0.1) is 5.92 Å². The Bertz CT molecular complexity index is 129. The molecule has 0 N–H and O–H groups in total. The number of nitrogens with zero attached hydrogens (tertiary/aromatic N) is 1. The van der Waals surface area contributed by atoms with Crippen LogP contribution in [-0.2, 0) is 4.74 Å². The van der Waals surface area contributed by atoms with Crippen LogP contribution in [0.2, 0.25) is 0 Å². The molecular formula is C9H17NO. The molecule has 0 unspecified atom stereocenters. The van der Waals surface area contributed by atoms with Gasteiger partial charge >= 0.3 is 0 Å². The van der Waals surface area contributed by atoms with Gasteiger partial charge < -0.3 is 4.74 Å². The topological polar surface area (TPSA) is 12.5 Å². The van der Waals surface area contributed by atoms with Crippen molar-refractivity contribution in [2.75, 3.05) is 26.8 Å². The average Bonchev–Trinajstić information content (AvgIpc) is 2.00. The SMILES string of the molecule is COCCN1CCC2CC1C2. The first-order valence-corrected chi connectivity index (χ1v) is 4.63. The summed E-state index contributed by atoms with van der Waals surface area (Å²) in [6, 6.07) is 0.920. The van der Waals surface area contributed by atoms with E-state index < -0.39 is 0 Å². The van der Waals surface area contributed by atoms with E-state index in [-0.39, 0.29) is 0 Å². The average molecular weight is 155 g/mol. The highest BCUT2D eigenvalue weighted by Crippen LogP contribution is 2.38. The molecule has 2 bridgehead atoms. The third-order valence-corrected chi connectivity index (χ3v) is 3.13. The van der Waals surface area contributed by atoms with Crippen LogP contribution < -0.4 is 0 Å². The second kappa shape index (κ2) is 3.11. The molecule has 0 amide bonds. The summed E-state index contributed by atoms with van der Waals surface area (Å²) in [5, 5.41) is 0. The van der Waals surface area contributed by atoms with Gasteiger partial charge in [-0.15, -0.1) is 0 Å². The fourth-order valence-corrected chi connectivity index (χ4v) is 2.27. The van der Waals surface area contributed by atoms with Crippen molar-refractivity contribution in [1.82, 2.24) is 4.90 Å². The third-order valence-electron chi connectivity index (χ3n) is 3.13. The van der Waals surface area contributed by atoms with E-state index in [1.54, 1.807) is 7.11 Å². The van der Waals surface area contributed by atoms with Crippen molar-refractivity contribution in [3.8, 4) is 0 Å². The molecule has 2 saturated heterocycles. The Kier molecular flexibility index (Phi) is 2.14. The Morgan fingerprint density at radius 1 is 1.45 bits per heavy atom. The maximum Gasteiger partial charge on any atom is 0.0589 e. The van der Waals surface area contributed by atoms with Crippen molar-refractivity contribution in [3.05, 3.63) is 0 Å². The number of piperidine rings is 2. The summed E-state index contributed by atoms with van der Waals surface area (Å²) in [7, 11) is 1.79. The van der Waals surface area contributed by atoms with Gasteiger partial charge in [-0.1, -0.05) is 0 Å². The Morgan fingerprint density at radius 3 is 2.82 bits per heavy atom. The second-order valence-electron chi connectivity index (χ2n) is 3.81. The quantitative estimate of drug-likeness (QED) is 0.605. The summed E-state index contributed by atoms with van der Waals surface area (Å²) in [6.07, 6.45) is 4.35. The Morgan fingerprint density at radius 2 is 2.27 bits per heavy atom. The number of hydrogen-bond donors (Lipinski definition) is 0. The largest absolute Gasteiger partial charge is 0.383 e. The van der Waals surface area contributed by atoms with Crippen LogP contribution in [0.1, 0.15) is 19.3 Å². The fourth-order valence-electron chi connectivity index (χ4n) is 2.27. The van der Waals surface area contributed by atoms with E-state index in [1.165, 1.54) is 25.8 Å². The van der Waals surface area contributed by atoms with Crippen LogP contribution in [-0.4, -0.2) is 37.7 Å². The summed E-state index contributed by atoms with van der Waals surface area (Å²) in [5.41, 5.74) is 0. The maximum absolute atomic E-state index is 5.07. The van der Waals surface area contributed by atoms with Gasteiger partial charge in [0.2, 0.25) is 0 Å². The first-order chi connectivity index (χ1) is 5.40. The van der Waals surface area contributed by atoms with Gasteiger partial charge in [0.1, 0.15) is 0 Å². The van der Waals surface area contributed by atoms with Crippen LogP contribution in [0.3, 0.4) is 0 Å². The molecule has 2 aliphatic heterocycles. The van der Waals surface area contributed by atoms with Crippen molar-refractivity contribution in [1.29, 1.82) is 0 Å². The molecule has 1 aliphatic carbocycles. The van der Waals surface area contributed by atoms with E-state index in [9.17, 15) is 0 Å². The lowest BCUT2D eigenvalue weighted by molar-refractivity contribution is 0.0000690. The van der Waals surface area contributed by atoms with Gasteiger partial charge in [-0.05, 0) is 31.7 Å². The molecule has 2 nitrogen and oxygen atoms in total. The third kappa shape index (κ3) is 1.42. The van der Waals surface area contributed by atoms with E-state index >= 15 is 0 Å². The normalized spacial score (nSPS) is 36.8. The van der Waals surface area contributed by atoms with Crippen LogP contribution in [0.15, 0.2) is 0 Å². The molecule has 3 rings (SSSR count). The monoisotopic (exact) mass is 155 g/mol. The molecule has 0 aromatic rings. The Labute approximate surface area is 68.5 Å². The highest BCUT2D eigenvalue weighted by molar-refractivity contribution is 4.92. The van der Waals surface area contributed by atoms with Gasteiger partial charge in [0.05, 0.1) is 6.61 Å². The molecule has 0 spiro atoms. The van der Waals surface area contributed by atoms with Crippen LogP contribution >= 0.6 is 0 Å². The van der Waals surface area contributed by atoms with E-state index in [1.807, 2.05) is 0 Å². The lowest BCUT2D eigenvalue weighted by Crippen LogP contribution is -2.52. The summed E-state index contributed by atoms with van der Waals surface area (Å²) >= 11 is 0. The maximum atomic E-state index is 5.07. The van der Waals surface area contributed by atoms with E-state index in [0.29, 0.717) is 0 Å². The molecule has 0 radical (unpaired) electrons. The highest BCUT2D eigenvalue weighted by Gasteiger charge is 2.37. The minimum absolute atomic E-state index is 0.904. The number of methoxy groups -OCH3 is 1. The van der Waals surface area contributed by atoms with E-state index in [0.717, 1.165) is 25.1 Å². The Balaban J connectivity index is 1.75. The molecule has 64 valence electrons. The van der Waals surface area contributed by atoms with Crippen molar-refractivity contribution >= 4 is 0 Å². The van der Waals surface area contributed by atoms with Gasteiger partial charge in [0.25, 0.3) is 0 Å². The van der Waals surface area contributed by atoms with Gasteiger partial charge in [-0.25, -0.2) is 0 Å². The zero-order valence-corrected chi connectivity index (χ0v) is 7.25. The number of ether oxygens (including phenoxy) is 1. The van der Waals surface area contributed by atoms with Crippen LogP contribution in [0.5, 0.6) is 0 Å². The zero-order chi connectivity index (χ0) is 7.68. The minimum Gasteiger partial charge on any atom is -0.383 e. The predicted octanol–water partition coefficient (Wildman–Crippen LogP) is 1.12. The van der Waals surface area contributed by atoms with Gasteiger partial charge in [-0.3, -0.25) is 4.90 Å². The first kappa shape index (κ1) is 7.56. The highest BCUT2D eigenvalue weighted by atomic mass is 16.5. The van der Waals surface area contributed by atoms with E-state index in [2.05, 4.69) is 4.90 Å². The lowest BCUT2D eigenvalue weighted by atomic mass is 9.73. The first-order valence-electron chi connectivity index (χ1n) is 4.63. The molecule has 3 fully saturated rings. The van der Waals surface area contributed by atoms with Crippen molar-refractivity contribution in [2.24, 2.45) is 5.92 Å². The van der Waals surface area contributed by atoms with E-state index in [4.69, 9.17) is 4.74 Å². The minimum atomic E-state index is 0.904. The number of fused-ring (bicyclic) bond motifs is 2. The van der Waals surface area contributed by atoms with Gasteiger partial charge in [0.15, 0.2) is 0 Å². The van der Waals surface area contributed by atoms with Crippen LogP contribution in [0.25, 0.3) is 0 Å². The molecule has 0 aromatic heterocycles.